The minimum atomic E-state index is -3.57. The van der Waals surface area contributed by atoms with Gasteiger partial charge in [0.05, 0.1) is 11.9 Å². The summed E-state index contributed by atoms with van der Waals surface area (Å²) < 4.78 is 30.8. The molecule has 0 bridgehead atoms. The summed E-state index contributed by atoms with van der Waals surface area (Å²) in [4.78, 5) is 12.4. The van der Waals surface area contributed by atoms with Crippen LogP contribution < -0.4 is 9.62 Å². The molecule has 1 amide bonds. The Morgan fingerprint density at radius 3 is 2.43 bits per heavy atom. The Morgan fingerprint density at radius 1 is 1.26 bits per heavy atom. The highest BCUT2D eigenvalue weighted by molar-refractivity contribution is 7.92. The molecule has 0 saturated carbocycles. The van der Waals surface area contributed by atoms with Gasteiger partial charge in [0.2, 0.25) is 15.9 Å². The van der Waals surface area contributed by atoms with Gasteiger partial charge >= 0.3 is 0 Å². The first-order chi connectivity index (χ1) is 10.9. The average Bonchev–Trinajstić information content (AvgIpc) is 2.51. The standard InChI is InChI=1S/C16H26N2O4S/c1-4-15(16(19)17-12-9-13-22-5-2)18(23(3,20)21)14-10-7-6-8-11-14/h6-8,10-11,15H,4-5,9,12-13H2,1-3H3,(H,17,19). The SMILES string of the molecule is CCOCCCNC(=O)C(CC)N(c1ccccc1)S(C)(=O)=O. The highest BCUT2D eigenvalue weighted by Gasteiger charge is 2.30. The molecule has 7 heteroatoms. The van der Waals surface area contributed by atoms with Gasteiger partial charge in [-0.1, -0.05) is 25.1 Å². The van der Waals surface area contributed by atoms with E-state index in [0.29, 0.717) is 38.3 Å². The number of carbonyl (C=O) groups excluding carboxylic acids is 1. The number of benzene rings is 1. The zero-order valence-corrected chi connectivity index (χ0v) is 14.8. The van der Waals surface area contributed by atoms with Gasteiger partial charge in [0.1, 0.15) is 6.04 Å². The van der Waals surface area contributed by atoms with Crippen LogP contribution in [0.15, 0.2) is 30.3 Å². The lowest BCUT2D eigenvalue weighted by Gasteiger charge is -2.30. The maximum absolute atomic E-state index is 12.4. The third kappa shape index (κ3) is 6.19. The van der Waals surface area contributed by atoms with E-state index >= 15 is 0 Å². The molecule has 1 aromatic rings. The number of hydrogen-bond donors (Lipinski definition) is 1. The summed E-state index contributed by atoms with van der Waals surface area (Å²) in [6, 6.07) is 7.91. The van der Waals surface area contributed by atoms with Crippen molar-refractivity contribution in [3.8, 4) is 0 Å². The lowest BCUT2D eigenvalue weighted by molar-refractivity contribution is -0.122. The molecule has 1 atom stereocenters. The molecule has 1 N–H and O–H groups in total. The summed E-state index contributed by atoms with van der Waals surface area (Å²) in [5, 5.41) is 2.79. The van der Waals surface area contributed by atoms with E-state index in [9.17, 15) is 13.2 Å². The van der Waals surface area contributed by atoms with Gasteiger partial charge in [0, 0.05) is 19.8 Å². The van der Waals surface area contributed by atoms with Crippen LogP contribution in [0.25, 0.3) is 0 Å². The molecule has 6 nitrogen and oxygen atoms in total. The largest absolute Gasteiger partial charge is 0.382 e. The molecule has 130 valence electrons. The Morgan fingerprint density at radius 2 is 1.91 bits per heavy atom. The lowest BCUT2D eigenvalue weighted by atomic mass is 10.2. The highest BCUT2D eigenvalue weighted by Crippen LogP contribution is 2.21. The predicted octanol–water partition coefficient (Wildman–Crippen LogP) is 1.77. The molecule has 1 unspecified atom stereocenters. The summed E-state index contributed by atoms with van der Waals surface area (Å²) >= 11 is 0. The molecule has 0 aromatic heterocycles. The van der Waals surface area contributed by atoms with Crippen molar-refractivity contribution >= 4 is 21.6 Å². The van der Waals surface area contributed by atoms with Gasteiger partial charge in [-0.2, -0.15) is 0 Å². The Kier molecular flexibility index (Phi) is 8.05. The maximum Gasteiger partial charge on any atom is 0.243 e. The van der Waals surface area contributed by atoms with Gasteiger partial charge in [-0.05, 0) is 31.9 Å². The van der Waals surface area contributed by atoms with E-state index in [0.717, 1.165) is 6.26 Å². The second-order valence-electron chi connectivity index (χ2n) is 5.16. The van der Waals surface area contributed by atoms with Crippen molar-refractivity contribution in [1.29, 1.82) is 0 Å². The summed E-state index contributed by atoms with van der Waals surface area (Å²) in [5.74, 6) is -0.293. The first-order valence-electron chi connectivity index (χ1n) is 7.81. The normalized spacial score (nSPS) is 12.7. The van der Waals surface area contributed by atoms with Crippen LogP contribution in [0.2, 0.25) is 0 Å². The first kappa shape index (κ1) is 19.4. The van der Waals surface area contributed by atoms with Crippen molar-refractivity contribution in [3.63, 3.8) is 0 Å². The molecule has 0 heterocycles. The van der Waals surface area contributed by atoms with Gasteiger partial charge in [-0.25, -0.2) is 8.42 Å². The lowest BCUT2D eigenvalue weighted by Crippen LogP contribution is -2.49. The minimum Gasteiger partial charge on any atom is -0.382 e. The average molecular weight is 342 g/mol. The summed E-state index contributed by atoms with van der Waals surface area (Å²) in [7, 11) is -3.57. The van der Waals surface area contributed by atoms with Crippen LogP contribution in [0.3, 0.4) is 0 Å². The second kappa shape index (κ2) is 9.52. The molecule has 0 aliphatic rings. The molecular formula is C16H26N2O4S. The van der Waals surface area contributed by atoms with E-state index in [1.165, 1.54) is 4.31 Å². The third-order valence-electron chi connectivity index (χ3n) is 3.31. The fourth-order valence-electron chi connectivity index (χ4n) is 2.28. The van der Waals surface area contributed by atoms with Crippen LogP contribution >= 0.6 is 0 Å². The molecule has 0 radical (unpaired) electrons. The number of amides is 1. The number of sulfonamides is 1. The fraction of sp³-hybridized carbons (Fsp3) is 0.562. The maximum atomic E-state index is 12.4. The summed E-state index contributed by atoms with van der Waals surface area (Å²) in [6.07, 6.45) is 2.20. The van der Waals surface area contributed by atoms with Crippen molar-refractivity contribution < 1.29 is 17.9 Å². The number of hydrogen-bond acceptors (Lipinski definition) is 4. The van der Waals surface area contributed by atoms with Crippen LogP contribution in [-0.2, 0) is 19.6 Å². The molecule has 0 spiro atoms. The summed E-state index contributed by atoms with van der Waals surface area (Å²) in [6.45, 7) is 5.38. The van der Waals surface area contributed by atoms with Crippen LogP contribution in [-0.4, -0.2) is 46.4 Å². The van der Waals surface area contributed by atoms with Crippen molar-refractivity contribution in [3.05, 3.63) is 30.3 Å². The molecule has 1 rings (SSSR count). The quantitative estimate of drug-likeness (QED) is 0.658. The van der Waals surface area contributed by atoms with E-state index in [-0.39, 0.29) is 5.91 Å². The van der Waals surface area contributed by atoms with E-state index in [1.54, 1.807) is 37.3 Å². The predicted molar refractivity (Wildman–Crippen MR) is 92.0 cm³/mol. The van der Waals surface area contributed by atoms with Gasteiger partial charge in [-0.15, -0.1) is 0 Å². The van der Waals surface area contributed by atoms with Crippen LogP contribution in [0.1, 0.15) is 26.7 Å². The molecule has 0 fully saturated rings. The minimum absolute atomic E-state index is 0.293. The molecule has 0 aliphatic carbocycles. The number of nitrogens with zero attached hydrogens (tertiary/aromatic N) is 1. The zero-order valence-electron chi connectivity index (χ0n) is 14.0. The van der Waals surface area contributed by atoms with Crippen molar-refractivity contribution in [2.45, 2.75) is 32.7 Å². The molecule has 1 aromatic carbocycles. The second-order valence-corrected chi connectivity index (χ2v) is 7.02. The number of ether oxygens (including phenoxy) is 1. The van der Waals surface area contributed by atoms with Gasteiger partial charge in [-0.3, -0.25) is 9.10 Å². The van der Waals surface area contributed by atoms with E-state index in [4.69, 9.17) is 4.74 Å². The number of nitrogens with one attached hydrogen (secondary N) is 1. The van der Waals surface area contributed by atoms with E-state index in [1.807, 2.05) is 6.92 Å². The third-order valence-corrected chi connectivity index (χ3v) is 4.49. The Balaban J connectivity index is 2.84. The molecule has 0 aliphatic heterocycles. The van der Waals surface area contributed by atoms with Crippen LogP contribution in [0.4, 0.5) is 5.69 Å². The number of anilines is 1. The Bertz CT molecular complexity index is 575. The Labute approximate surface area is 138 Å². The van der Waals surface area contributed by atoms with Gasteiger partial charge in [0.15, 0.2) is 0 Å². The van der Waals surface area contributed by atoms with Crippen molar-refractivity contribution in [2.75, 3.05) is 30.3 Å². The number of rotatable bonds is 10. The van der Waals surface area contributed by atoms with Crippen molar-refractivity contribution in [1.82, 2.24) is 5.32 Å². The highest BCUT2D eigenvalue weighted by atomic mass is 32.2. The zero-order chi connectivity index (χ0) is 17.3. The van der Waals surface area contributed by atoms with Crippen molar-refractivity contribution in [2.24, 2.45) is 0 Å². The van der Waals surface area contributed by atoms with Gasteiger partial charge in [0.25, 0.3) is 0 Å². The first-order valence-corrected chi connectivity index (χ1v) is 9.66. The smallest absolute Gasteiger partial charge is 0.243 e. The van der Waals surface area contributed by atoms with Crippen LogP contribution in [0.5, 0.6) is 0 Å². The molecular weight excluding hydrogens is 316 g/mol. The number of carbonyl (C=O) groups is 1. The van der Waals surface area contributed by atoms with Gasteiger partial charge < -0.3 is 10.1 Å². The topological polar surface area (TPSA) is 75.7 Å². The summed E-state index contributed by atoms with van der Waals surface area (Å²) in [5.41, 5.74) is 0.492. The fourth-order valence-corrected chi connectivity index (χ4v) is 3.49. The molecule has 23 heavy (non-hydrogen) atoms. The van der Waals surface area contributed by atoms with E-state index < -0.39 is 16.1 Å². The molecule has 0 saturated heterocycles. The monoisotopic (exact) mass is 342 g/mol. The number of para-hydroxylation sites is 1. The Hall–Kier alpha value is -1.60. The van der Waals surface area contributed by atoms with E-state index in [2.05, 4.69) is 5.32 Å². The van der Waals surface area contributed by atoms with Crippen LogP contribution in [0, 0.1) is 0 Å².